The highest BCUT2D eigenvalue weighted by atomic mass is 32.1. The van der Waals surface area contributed by atoms with Crippen molar-refractivity contribution in [2.45, 2.75) is 19.4 Å². The lowest BCUT2D eigenvalue weighted by molar-refractivity contribution is -0.148. The lowest BCUT2D eigenvalue weighted by Gasteiger charge is -2.36. The van der Waals surface area contributed by atoms with Gasteiger partial charge in [0.2, 0.25) is 5.91 Å². The first-order chi connectivity index (χ1) is 15.5. The number of amides is 2. The summed E-state index contributed by atoms with van der Waals surface area (Å²) in [5, 5.41) is 5.48. The van der Waals surface area contributed by atoms with Crippen LogP contribution in [0.4, 0.5) is 0 Å². The van der Waals surface area contributed by atoms with Gasteiger partial charge in [-0.15, -0.1) is 0 Å². The number of nitrogens with one attached hydrogen (secondary N) is 2. The normalized spacial score (nSPS) is 15.5. The molecule has 2 N–H and O–H groups in total. The number of piperazine rings is 1. The predicted molar refractivity (Wildman–Crippen MR) is 122 cm³/mol. The van der Waals surface area contributed by atoms with Crippen LogP contribution >= 0.6 is 12.2 Å². The van der Waals surface area contributed by atoms with E-state index in [1.165, 1.54) is 0 Å². The van der Waals surface area contributed by atoms with Gasteiger partial charge in [-0.3, -0.25) is 19.7 Å². The van der Waals surface area contributed by atoms with Crippen molar-refractivity contribution in [3.8, 4) is 5.75 Å². The molecule has 2 aromatic rings. The lowest BCUT2D eigenvalue weighted by atomic mass is 10.1. The van der Waals surface area contributed by atoms with Gasteiger partial charge in [0, 0.05) is 18.7 Å². The molecule has 0 aliphatic carbocycles. The van der Waals surface area contributed by atoms with Crippen LogP contribution in [0.25, 0.3) is 0 Å². The number of benzene rings is 2. The molecule has 168 valence electrons. The molecule has 2 aromatic carbocycles. The van der Waals surface area contributed by atoms with Gasteiger partial charge in [-0.05, 0) is 42.9 Å². The first-order valence-corrected chi connectivity index (χ1v) is 10.7. The number of nitrogens with zero attached hydrogens (tertiary/aromatic N) is 1. The highest BCUT2D eigenvalue weighted by molar-refractivity contribution is 7.80. The van der Waals surface area contributed by atoms with Crippen LogP contribution in [0.2, 0.25) is 0 Å². The zero-order valence-corrected chi connectivity index (χ0v) is 18.5. The summed E-state index contributed by atoms with van der Waals surface area (Å²) >= 11 is 5.38. The molecule has 0 saturated carbocycles. The third-order valence-electron chi connectivity index (χ3n) is 4.92. The Morgan fingerprint density at radius 2 is 1.84 bits per heavy atom. The van der Waals surface area contributed by atoms with Gasteiger partial charge in [-0.2, -0.15) is 0 Å². The second kappa shape index (κ2) is 11.2. The topological polar surface area (TPSA) is 97.0 Å². The van der Waals surface area contributed by atoms with E-state index in [1.807, 2.05) is 37.3 Å². The fourth-order valence-electron chi connectivity index (χ4n) is 3.27. The van der Waals surface area contributed by atoms with E-state index >= 15 is 0 Å². The van der Waals surface area contributed by atoms with Crippen LogP contribution in [-0.2, 0) is 14.3 Å². The number of thiocarbonyl (C=S) groups is 1. The van der Waals surface area contributed by atoms with Crippen molar-refractivity contribution in [3.05, 3.63) is 65.7 Å². The molecule has 0 aromatic heterocycles. The van der Waals surface area contributed by atoms with Gasteiger partial charge in [0.05, 0.1) is 6.42 Å². The minimum absolute atomic E-state index is 0.0521. The van der Waals surface area contributed by atoms with E-state index in [0.29, 0.717) is 24.4 Å². The molecule has 1 saturated heterocycles. The number of hydrogen-bond donors (Lipinski definition) is 2. The number of hydrogen-bond acceptors (Lipinski definition) is 6. The second-order valence-electron chi connectivity index (χ2n) is 7.16. The van der Waals surface area contributed by atoms with E-state index in [2.05, 4.69) is 10.6 Å². The summed E-state index contributed by atoms with van der Waals surface area (Å²) in [7, 11) is 0. The number of carbonyl (C=O) groups excluding carboxylic acids is 3. The van der Waals surface area contributed by atoms with Gasteiger partial charge in [0.1, 0.15) is 25.0 Å². The lowest BCUT2D eigenvalue weighted by Crippen LogP contribution is -2.60. The molecule has 0 radical (unpaired) electrons. The molecule has 1 unspecified atom stereocenters. The predicted octanol–water partition coefficient (Wildman–Crippen LogP) is 1.82. The number of esters is 1. The highest BCUT2D eigenvalue weighted by Gasteiger charge is 2.34. The molecule has 1 aliphatic rings. The van der Waals surface area contributed by atoms with E-state index in [4.69, 9.17) is 21.7 Å². The van der Waals surface area contributed by atoms with Crippen LogP contribution in [0, 0.1) is 6.92 Å². The number of para-hydroxylation sites is 1. The van der Waals surface area contributed by atoms with Gasteiger partial charge in [0.15, 0.2) is 5.11 Å². The van der Waals surface area contributed by atoms with Crippen molar-refractivity contribution >= 4 is 35.1 Å². The SMILES string of the molecule is Cc1ccccc1C(=O)NC(=S)N1CCNC(=O)C1CC(=O)OCCOc1ccccc1. The number of aryl methyl sites for hydroxylation is 1. The first-order valence-electron chi connectivity index (χ1n) is 10.2. The van der Waals surface area contributed by atoms with Crippen molar-refractivity contribution in [2.24, 2.45) is 0 Å². The molecule has 2 amide bonds. The summed E-state index contributed by atoms with van der Waals surface area (Å²) in [6.45, 7) is 2.80. The van der Waals surface area contributed by atoms with Gasteiger partial charge in [0.25, 0.3) is 5.91 Å². The maximum atomic E-state index is 12.6. The molecule has 32 heavy (non-hydrogen) atoms. The third-order valence-corrected chi connectivity index (χ3v) is 5.26. The van der Waals surface area contributed by atoms with Gasteiger partial charge >= 0.3 is 5.97 Å². The molecule has 0 bridgehead atoms. The zero-order valence-electron chi connectivity index (χ0n) is 17.7. The Bertz CT molecular complexity index is 983. The number of ether oxygens (including phenoxy) is 2. The second-order valence-corrected chi connectivity index (χ2v) is 7.55. The summed E-state index contributed by atoms with van der Waals surface area (Å²) in [6.07, 6.45) is -0.197. The first kappa shape index (κ1) is 23.2. The van der Waals surface area contributed by atoms with Crippen LogP contribution in [0.1, 0.15) is 22.3 Å². The van der Waals surface area contributed by atoms with Crippen LogP contribution in [0.5, 0.6) is 5.75 Å². The average Bonchev–Trinajstić information content (AvgIpc) is 2.79. The molecule has 1 heterocycles. The van der Waals surface area contributed by atoms with E-state index in [1.54, 1.807) is 29.2 Å². The standard InChI is InChI=1S/C23H25N3O5S/c1-16-7-5-6-10-18(16)21(28)25-23(32)26-12-11-24-22(29)19(26)15-20(27)31-14-13-30-17-8-3-2-4-9-17/h2-10,19H,11-15H2,1H3,(H,24,29)(H,25,28,32). The summed E-state index contributed by atoms with van der Waals surface area (Å²) < 4.78 is 10.7. The molecular formula is C23H25N3O5S. The fraction of sp³-hybridized carbons (Fsp3) is 0.304. The highest BCUT2D eigenvalue weighted by Crippen LogP contribution is 2.13. The summed E-state index contributed by atoms with van der Waals surface area (Å²) in [5.74, 6) is -0.586. The molecule has 1 fully saturated rings. The van der Waals surface area contributed by atoms with E-state index in [9.17, 15) is 14.4 Å². The van der Waals surface area contributed by atoms with E-state index in [0.717, 1.165) is 5.56 Å². The van der Waals surface area contributed by atoms with Crippen molar-refractivity contribution in [3.63, 3.8) is 0 Å². The van der Waals surface area contributed by atoms with Crippen LogP contribution in [0.3, 0.4) is 0 Å². The van der Waals surface area contributed by atoms with Gasteiger partial charge < -0.3 is 19.7 Å². The Labute approximate surface area is 191 Å². The van der Waals surface area contributed by atoms with Gasteiger partial charge in [-0.1, -0.05) is 36.4 Å². The van der Waals surface area contributed by atoms with Crippen molar-refractivity contribution < 1.29 is 23.9 Å². The van der Waals surface area contributed by atoms with E-state index < -0.39 is 12.0 Å². The monoisotopic (exact) mass is 455 g/mol. The Hall–Kier alpha value is -3.46. The molecule has 0 spiro atoms. The maximum absolute atomic E-state index is 12.6. The molecule has 3 rings (SSSR count). The van der Waals surface area contributed by atoms with Crippen LogP contribution in [-0.4, -0.2) is 60.1 Å². The summed E-state index contributed by atoms with van der Waals surface area (Å²) in [4.78, 5) is 38.9. The zero-order chi connectivity index (χ0) is 22.9. The molecule has 1 aliphatic heterocycles. The van der Waals surface area contributed by atoms with Crippen molar-refractivity contribution in [1.82, 2.24) is 15.5 Å². The van der Waals surface area contributed by atoms with Crippen LogP contribution in [0.15, 0.2) is 54.6 Å². The molecule has 8 nitrogen and oxygen atoms in total. The van der Waals surface area contributed by atoms with Crippen molar-refractivity contribution in [1.29, 1.82) is 0 Å². The summed E-state index contributed by atoms with van der Waals surface area (Å²) in [6, 6.07) is 15.4. The smallest absolute Gasteiger partial charge is 0.308 e. The quantitative estimate of drug-likeness (QED) is 0.373. The average molecular weight is 456 g/mol. The Morgan fingerprint density at radius 3 is 2.59 bits per heavy atom. The minimum atomic E-state index is -0.865. The summed E-state index contributed by atoms with van der Waals surface area (Å²) in [5.41, 5.74) is 1.30. The number of rotatable bonds is 7. The van der Waals surface area contributed by atoms with E-state index in [-0.39, 0.29) is 36.6 Å². The number of carbonyl (C=O) groups is 3. The van der Waals surface area contributed by atoms with Crippen molar-refractivity contribution in [2.75, 3.05) is 26.3 Å². The molecular weight excluding hydrogens is 430 g/mol. The molecule has 9 heteroatoms. The van der Waals surface area contributed by atoms with Crippen LogP contribution < -0.4 is 15.4 Å². The Balaban J connectivity index is 1.53. The Morgan fingerprint density at radius 1 is 1.12 bits per heavy atom. The van der Waals surface area contributed by atoms with Gasteiger partial charge in [-0.25, -0.2) is 0 Å². The molecule has 1 atom stereocenters. The maximum Gasteiger partial charge on any atom is 0.308 e. The fourth-order valence-corrected chi connectivity index (χ4v) is 3.58. The third kappa shape index (κ3) is 6.27. The minimum Gasteiger partial charge on any atom is -0.490 e. The largest absolute Gasteiger partial charge is 0.490 e. The Kier molecular flexibility index (Phi) is 8.15.